The zero-order valence-electron chi connectivity index (χ0n) is 14.3. The zero-order chi connectivity index (χ0) is 19.4. The maximum absolute atomic E-state index is 12.1. The third-order valence-electron chi connectivity index (χ3n) is 3.51. The summed E-state index contributed by atoms with van der Waals surface area (Å²) in [7, 11) is -3.31. The van der Waals surface area contributed by atoms with E-state index < -0.39 is 10.0 Å². The van der Waals surface area contributed by atoms with Crippen LogP contribution >= 0.6 is 22.9 Å². The predicted octanol–water partition coefficient (Wildman–Crippen LogP) is 4.02. The molecule has 2 N–H and O–H groups in total. The molecule has 0 spiro atoms. The molecule has 1 heterocycles. The van der Waals surface area contributed by atoms with Crippen molar-refractivity contribution in [2.45, 2.75) is 6.42 Å². The molecule has 2 aromatic carbocycles. The zero-order valence-corrected chi connectivity index (χ0v) is 16.7. The van der Waals surface area contributed by atoms with Gasteiger partial charge in [-0.15, -0.1) is 11.3 Å². The monoisotopic (exact) mass is 421 g/mol. The number of aromatic nitrogens is 1. The number of sulfonamides is 1. The van der Waals surface area contributed by atoms with Crippen molar-refractivity contribution in [1.82, 2.24) is 4.98 Å². The molecule has 0 aliphatic rings. The standard InChI is InChI=1S/C18H16ClN3O3S2/c1-27(24,25)22-15-8-4-13(5-9-15)16-11-26-18(20-16)21-17(23)10-12-2-6-14(19)7-3-12/h2-9,11,22H,10H2,1H3,(H,20,21,23). The summed E-state index contributed by atoms with van der Waals surface area (Å²) in [5, 5.41) is 5.74. The van der Waals surface area contributed by atoms with Crippen LogP contribution < -0.4 is 10.0 Å². The minimum atomic E-state index is -3.31. The fourth-order valence-electron chi connectivity index (χ4n) is 2.34. The molecule has 1 aromatic heterocycles. The Hall–Kier alpha value is -2.42. The number of nitrogens with zero attached hydrogens (tertiary/aromatic N) is 1. The second-order valence-corrected chi connectivity index (χ2v) is 8.88. The largest absolute Gasteiger partial charge is 0.302 e. The summed E-state index contributed by atoms with van der Waals surface area (Å²) in [4.78, 5) is 16.6. The van der Waals surface area contributed by atoms with Gasteiger partial charge >= 0.3 is 0 Å². The van der Waals surface area contributed by atoms with Crippen molar-refractivity contribution in [3.8, 4) is 11.3 Å². The van der Waals surface area contributed by atoms with Crippen molar-refractivity contribution < 1.29 is 13.2 Å². The van der Waals surface area contributed by atoms with Gasteiger partial charge in [0, 0.05) is 21.7 Å². The molecule has 0 atom stereocenters. The van der Waals surface area contributed by atoms with Crippen molar-refractivity contribution in [3.63, 3.8) is 0 Å². The number of amides is 1. The van der Waals surface area contributed by atoms with Gasteiger partial charge in [0.25, 0.3) is 0 Å². The van der Waals surface area contributed by atoms with Crippen LogP contribution in [0.25, 0.3) is 11.3 Å². The van der Waals surface area contributed by atoms with E-state index in [1.54, 1.807) is 48.5 Å². The number of hydrogen-bond acceptors (Lipinski definition) is 5. The molecule has 6 nitrogen and oxygen atoms in total. The van der Waals surface area contributed by atoms with Crippen molar-refractivity contribution in [2.75, 3.05) is 16.3 Å². The van der Waals surface area contributed by atoms with E-state index in [-0.39, 0.29) is 12.3 Å². The van der Waals surface area contributed by atoms with Crippen LogP contribution in [0.2, 0.25) is 5.02 Å². The van der Waals surface area contributed by atoms with Crippen molar-refractivity contribution >= 4 is 49.7 Å². The molecule has 0 fully saturated rings. The lowest BCUT2D eigenvalue weighted by Crippen LogP contribution is -2.14. The van der Waals surface area contributed by atoms with E-state index in [0.717, 1.165) is 17.4 Å². The van der Waals surface area contributed by atoms with Crippen LogP contribution in [0.4, 0.5) is 10.8 Å². The molecule has 3 rings (SSSR count). The molecule has 3 aromatic rings. The Kier molecular flexibility index (Phi) is 5.79. The third-order valence-corrected chi connectivity index (χ3v) is 5.13. The number of thiazole rings is 1. The highest BCUT2D eigenvalue weighted by atomic mass is 35.5. The van der Waals surface area contributed by atoms with Gasteiger partial charge < -0.3 is 5.32 Å². The minimum absolute atomic E-state index is 0.161. The predicted molar refractivity (Wildman–Crippen MR) is 110 cm³/mol. The Morgan fingerprint density at radius 2 is 1.78 bits per heavy atom. The number of hydrogen-bond donors (Lipinski definition) is 2. The van der Waals surface area contributed by atoms with Crippen LogP contribution in [0, 0.1) is 0 Å². The summed E-state index contributed by atoms with van der Waals surface area (Å²) in [6, 6.07) is 14.0. The lowest BCUT2D eigenvalue weighted by molar-refractivity contribution is -0.115. The van der Waals surface area contributed by atoms with E-state index in [0.29, 0.717) is 21.5 Å². The molecule has 0 bridgehead atoms. The highest BCUT2D eigenvalue weighted by Gasteiger charge is 2.09. The first kappa shape index (κ1) is 19.3. The summed E-state index contributed by atoms with van der Waals surface area (Å²) in [6.07, 6.45) is 1.33. The van der Waals surface area contributed by atoms with Gasteiger partial charge in [-0.05, 0) is 29.8 Å². The van der Waals surface area contributed by atoms with Gasteiger partial charge in [-0.2, -0.15) is 0 Å². The molecular weight excluding hydrogens is 406 g/mol. The number of rotatable bonds is 6. The molecule has 0 unspecified atom stereocenters. The topological polar surface area (TPSA) is 88.2 Å². The van der Waals surface area contributed by atoms with E-state index >= 15 is 0 Å². The van der Waals surface area contributed by atoms with Crippen LogP contribution in [0.3, 0.4) is 0 Å². The second kappa shape index (κ2) is 8.08. The molecule has 9 heteroatoms. The molecule has 0 aliphatic carbocycles. The summed E-state index contributed by atoms with van der Waals surface area (Å²) in [6.45, 7) is 0. The molecular formula is C18H16ClN3O3S2. The van der Waals surface area contributed by atoms with Crippen molar-refractivity contribution in [3.05, 3.63) is 64.5 Å². The van der Waals surface area contributed by atoms with Gasteiger partial charge in [0.15, 0.2) is 5.13 Å². The highest BCUT2D eigenvalue weighted by Crippen LogP contribution is 2.26. The number of halogens is 1. The smallest absolute Gasteiger partial charge is 0.230 e. The average molecular weight is 422 g/mol. The number of nitrogens with one attached hydrogen (secondary N) is 2. The van der Waals surface area contributed by atoms with E-state index in [1.807, 2.05) is 5.38 Å². The van der Waals surface area contributed by atoms with Gasteiger partial charge in [0.1, 0.15) is 0 Å². The van der Waals surface area contributed by atoms with Crippen LogP contribution in [0.15, 0.2) is 53.9 Å². The average Bonchev–Trinajstić information content (AvgIpc) is 3.04. The fraction of sp³-hybridized carbons (Fsp3) is 0.111. The summed E-state index contributed by atoms with van der Waals surface area (Å²) in [5.41, 5.74) is 2.87. The van der Waals surface area contributed by atoms with Crippen LogP contribution in [-0.4, -0.2) is 25.6 Å². The third kappa shape index (κ3) is 5.78. The van der Waals surface area contributed by atoms with Gasteiger partial charge in [-0.1, -0.05) is 35.9 Å². The van der Waals surface area contributed by atoms with Gasteiger partial charge in [-0.3, -0.25) is 9.52 Å². The Labute approximate surface area is 166 Å². The maximum Gasteiger partial charge on any atom is 0.230 e. The highest BCUT2D eigenvalue weighted by molar-refractivity contribution is 7.92. The normalized spacial score (nSPS) is 11.2. The van der Waals surface area contributed by atoms with Crippen molar-refractivity contribution in [2.24, 2.45) is 0 Å². The first-order chi connectivity index (χ1) is 12.8. The summed E-state index contributed by atoms with van der Waals surface area (Å²) >= 11 is 7.16. The van der Waals surface area contributed by atoms with Crippen LogP contribution in [0.5, 0.6) is 0 Å². The lowest BCUT2D eigenvalue weighted by Gasteiger charge is -2.04. The van der Waals surface area contributed by atoms with Gasteiger partial charge in [0.05, 0.1) is 18.4 Å². The van der Waals surface area contributed by atoms with Gasteiger partial charge in [-0.25, -0.2) is 13.4 Å². The Morgan fingerprint density at radius 1 is 1.11 bits per heavy atom. The summed E-state index contributed by atoms with van der Waals surface area (Å²) < 4.78 is 24.9. The number of carbonyl (C=O) groups is 1. The van der Waals surface area contributed by atoms with E-state index in [4.69, 9.17) is 11.6 Å². The van der Waals surface area contributed by atoms with Crippen molar-refractivity contribution in [1.29, 1.82) is 0 Å². The van der Waals surface area contributed by atoms with Crippen LogP contribution in [0.1, 0.15) is 5.56 Å². The molecule has 1 amide bonds. The Morgan fingerprint density at radius 3 is 2.41 bits per heavy atom. The second-order valence-electron chi connectivity index (χ2n) is 5.84. The molecule has 0 radical (unpaired) electrons. The number of benzene rings is 2. The molecule has 27 heavy (non-hydrogen) atoms. The van der Waals surface area contributed by atoms with Crippen LogP contribution in [-0.2, 0) is 21.2 Å². The van der Waals surface area contributed by atoms with E-state index in [9.17, 15) is 13.2 Å². The Balaban J connectivity index is 1.64. The number of anilines is 2. The Bertz CT molecular complexity index is 1050. The molecule has 0 saturated heterocycles. The number of carbonyl (C=O) groups excluding carboxylic acids is 1. The first-order valence-electron chi connectivity index (χ1n) is 7.86. The minimum Gasteiger partial charge on any atom is -0.302 e. The molecule has 0 saturated carbocycles. The van der Waals surface area contributed by atoms with Gasteiger partial charge in [0.2, 0.25) is 15.9 Å². The fourth-order valence-corrected chi connectivity index (χ4v) is 3.76. The quantitative estimate of drug-likeness (QED) is 0.629. The maximum atomic E-state index is 12.1. The SMILES string of the molecule is CS(=O)(=O)Nc1ccc(-c2csc(NC(=O)Cc3ccc(Cl)cc3)n2)cc1. The van der Waals surface area contributed by atoms with E-state index in [1.165, 1.54) is 11.3 Å². The first-order valence-corrected chi connectivity index (χ1v) is 11.0. The lowest BCUT2D eigenvalue weighted by atomic mass is 10.1. The summed E-state index contributed by atoms with van der Waals surface area (Å²) in [5.74, 6) is -0.161. The molecule has 0 aliphatic heterocycles. The van der Waals surface area contributed by atoms with E-state index in [2.05, 4.69) is 15.0 Å². The molecule has 140 valence electrons.